The first-order valence-electron chi connectivity index (χ1n) is 7.15. The number of ether oxygens (including phenoxy) is 1. The van der Waals surface area contributed by atoms with Gasteiger partial charge in [-0.05, 0) is 47.0 Å². The molecule has 0 amide bonds. The third-order valence-corrected chi connectivity index (χ3v) is 4.99. The van der Waals surface area contributed by atoms with Crippen LogP contribution in [0.5, 0.6) is 11.5 Å². The number of unbranched alkanes of at least 4 members (excludes halogenated alkanes) is 2. The lowest BCUT2D eigenvalue weighted by atomic mass is 10.2. The highest BCUT2D eigenvalue weighted by atomic mass is 79.9. The SMILES string of the molecule is BrCCCCCN1c2ccc(Br)cc2Oc2cc(Br)cnc21. The van der Waals surface area contributed by atoms with Gasteiger partial charge in [-0.1, -0.05) is 38.3 Å². The number of halogens is 3. The topological polar surface area (TPSA) is 25.4 Å². The molecule has 22 heavy (non-hydrogen) atoms. The quantitative estimate of drug-likeness (QED) is 0.357. The van der Waals surface area contributed by atoms with Crippen LogP contribution in [0.1, 0.15) is 19.3 Å². The summed E-state index contributed by atoms with van der Waals surface area (Å²) in [5.74, 6) is 2.54. The third-order valence-electron chi connectivity index (χ3n) is 3.50. The Morgan fingerprint density at radius 1 is 1.00 bits per heavy atom. The van der Waals surface area contributed by atoms with Crippen LogP contribution in [0, 0.1) is 0 Å². The lowest BCUT2D eigenvalue weighted by Gasteiger charge is -2.31. The van der Waals surface area contributed by atoms with E-state index in [1.807, 2.05) is 24.4 Å². The van der Waals surface area contributed by atoms with Gasteiger partial charge in [0.15, 0.2) is 17.3 Å². The van der Waals surface area contributed by atoms with Crippen molar-refractivity contribution in [3.05, 3.63) is 39.4 Å². The second kappa shape index (κ2) is 7.32. The third kappa shape index (κ3) is 3.49. The molecule has 116 valence electrons. The highest BCUT2D eigenvalue weighted by Gasteiger charge is 2.25. The minimum Gasteiger partial charge on any atom is -0.451 e. The van der Waals surface area contributed by atoms with Crippen LogP contribution in [-0.4, -0.2) is 16.9 Å². The van der Waals surface area contributed by atoms with E-state index in [2.05, 4.69) is 63.7 Å². The average molecular weight is 491 g/mol. The molecule has 0 spiro atoms. The van der Waals surface area contributed by atoms with Crippen LogP contribution in [0.2, 0.25) is 0 Å². The number of alkyl halides is 1. The number of nitrogens with zero attached hydrogens (tertiary/aromatic N) is 2. The Labute approximate surface area is 155 Å². The molecule has 0 atom stereocenters. The molecular weight excluding hydrogens is 476 g/mol. The lowest BCUT2D eigenvalue weighted by Crippen LogP contribution is -2.23. The predicted molar refractivity (Wildman–Crippen MR) is 101 cm³/mol. The molecule has 0 saturated carbocycles. The Morgan fingerprint density at radius 2 is 1.82 bits per heavy atom. The first-order valence-corrected chi connectivity index (χ1v) is 9.86. The number of anilines is 2. The van der Waals surface area contributed by atoms with Crippen LogP contribution < -0.4 is 9.64 Å². The van der Waals surface area contributed by atoms with Gasteiger partial charge in [-0.2, -0.15) is 0 Å². The van der Waals surface area contributed by atoms with Crippen LogP contribution >= 0.6 is 47.8 Å². The first kappa shape index (κ1) is 16.3. The summed E-state index contributed by atoms with van der Waals surface area (Å²) in [6.07, 6.45) is 5.33. The molecule has 1 aliphatic heterocycles. The van der Waals surface area contributed by atoms with E-state index >= 15 is 0 Å². The Hall–Kier alpha value is -0.590. The summed E-state index contributed by atoms with van der Waals surface area (Å²) in [5, 5.41) is 1.06. The van der Waals surface area contributed by atoms with Gasteiger partial charge < -0.3 is 9.64 Å². The van der Waals surface area contributed by atoms with Crippen molar-refractivity contribution in [2.45, 2.75) is 19.3 Å². The molecule has 0 aliphatic carbocycles. The highest BCUT2D eigenvalue weighted by Crippen LogP contribution is 2.47. The van der Waals surface area contributed by atoms with Crippen LogP contribution in [-0.2, 0) is 0 Å². The van der Waals surface area contributed by atoms with Gasteiger partial charge in [0, 0.05) is 33.1 Å². The molecule has 1 aromatic heterocycles. The van der Waals surface area contributed by atoms with E-state index in [-0.39, 0.29) is 0 Å². The molecule has 0 fully saturated rings. The van der Waals surface area contributed by atoms with Gasteiger partial charge in [0.1, 0.15) is 0 Å². The molecule has 0 saturated heterocycles. The molecule has 1 aliphatic rings. The zero-order chi connectivity index (χ0) is 15.5. The normalized spacial score (nSPS) is 12.6. The monoisotopic (exact) mass is 488 g/mol. The lowest BCUT2D eigenvalue weighted by molar-refractivity contribution is 0.468. The van der Waals surface area contributed by atoms with Crippen molar-refractivity contribution in [1.82, 2.24) is 4.98 Å². The average Bonchev–Trinajstić information content (AvgIpc) is 2.50. The fraction of sp³-hybridized carbons (Fsp3) is 0.312. The zero-order valence-corrected chi connectivity index (χ0v) is 16.6. The summed E-state index contributed by atoms with van der Waals surface area (Å²) in [5.41, 5.74) is 1.07. The number of aromatic nitrogens is 1. The van der Waals surface area contributed by atoms with Gasteiger partial charge in [-0.15, -0.1) is 0 Å². The van der Waals surface area contributed by atoms with E-state index in [0.29, 0.717) is 0 Å². The van der Waals surface area contributed by atoms with Gasteiger partial charge in [0.05, 0.1) is 5.69 Å². The summed E-state index contributed by atoms with van der Waals surface area (Å²) >= 11 is 10.5. The van der Waals surface area contributed by atoms with Crippen molar-refractivity contribution in [3.63, 3.8) is 0 Å². The Morgan fingerprint density at radius 3 is 2.64 bits per heavy atom. The summed E-state index contributed by atoms with van der Waals surface area (Å²) < 4.78 is 7.96. The van der Waals surface area contributed by atoms with E-state index < -0.39 is 0 Å². The standard InChI is InChI=1S/C16H15Br3N2O/c17-6-2-1-3-7-21-13-5-4-11(18)8-14(13)22-15-9-12(19)10-20-16(15)21/h4-5,8-10H,1-3,6-7H2. The van der Waals surface area contributed by atoms with Crippen LogP contribution in [0.4, 0.5) is 11.5 Å². The maximum absolute atomic E-state index is 6.03. The van der Waals surface area contributed by atoms with E-state index in [1.54, 1.807) is 0 Å². The molecule has 3 rings (SSSR count). The number of hydrogen-bond acceptors (Lipinski definition) is 3. The Bertz CT molecular complexity index is 627. The smallest absolute Gasteiger partial charge is 0.176 e. The zero-order valence-electron chi connectivity index (χ0n) is 11.9. The summed E-state index contributed by atoms with van der Waals surface area (Å²) in [4.78, 5) is 6.80. The molecule has 0 N–H and O–H groups in total. The maximum atomic E-state index is 6.03. The van der Waals surface area contributed by atoms with Gasteiger partial charge in [0.2, 0.25) is 0 Å². The number of fused-ring (bicyclic) bond motifs is 2. The van der Waals surface area contributed by atoms with E-state index in [1.165, 1.54) is 12.8 Å². The maximum Gasteiger partial charge on any atom is 0.176 e. The molecule has 0 unspecified atom stereocenters. The molecule has 0 radical (unpaired) electrons. The number of hydrogen-bond donors (Lipinski definition) is 0. The summed E-state index contributed by atoms with van der Waals surface area (Å²) in [7, 11) is 0. The van der Waals surface area contributed by atoms with Crippen molar-refractivity contribution in [2.24, 2.45) is 0 Å². The van der Waals surface area contributed by atoms with Gasteiger partial charge in [-0.3, -0.25) is 0 Å². The fourth-order valence-corrected chi connectivity index (χ4v) is 3.53. The van der Waals surface area contributed by atoms with Crippen molar-refractivity contribution in [1.29, 1.82) is 0 Å². The van der Waals surface area contributed by atoms with Gasteiger partial charge in [-0.25, -0.2) is 4.98 Å². The molecular formula is C16H15Br3N2O. The molecule has 1 aromatic carbocycles. The Balaban J connectivity index is 1.93. The number of pyridine rings is 1. The summed E-state index contributed by atoms with van der Waals surface area (Å²) in [6, 6.07) is 8.09. The summed E-state index contributed by atoms with van der Waals surface area (Å²) in [6.45, 7) is 0.937. The molecule has 0 bridgehead atoms. The van der Waals surface area contributed by atoms with E-state index in [0.717, 1.165) is 50.2 Å². The van der Waals surface area contributed by atoms with Crippen LogP contribution in [0.15, 0.2) is 39.4 Å². The highest BCUT2D eigenvalue weighted by molar-refractivity contribution is 9.10. The second-order valence-corrected chi connectivity index (χ2v) is 7.72. The minimum atomic E-state index is 0.792. The molecule has 2 aromatic rings. The number of rotatable bonds is 5. The minimum absolute atomic E-state index is 0.792. The Kier molecular flexibility index (Phi) is 5.42. The largest absolute Gasteiger partial charge is 0.451 e. The van der Waals surface area contributed by atoms with Crippen LogP contribution in [0.25, 0.3) is 0 Å². The van der Waals surface area contributed by atoms with Gasteiger partial charge >= 0.3 is 0 Å². The van der Waals surface area contributed by atoms with Crippen molar-refractivity contribution in [2.75, 3.05) is 16.8 Å². The van der Waals surface area contributed by atoms with Crippen molar-refractivity contribution in [3.8, 4) is 11.5 Å². The molecule has 6 heteroatoms. The first-order chi connectivity index (χ1) is 10.7. The van der Waals surface area contributed by atoms with Gasteiger partial charge in [0.25, 0.3) is 0 Å². The fourth-order valence-electron chi connectivity index (χ4n) is 2.48. The van der Waals surface area contributed by atoms with Crippen molar-refractivity contribution >= 4 is 59.3 Å². The molecule has 3 nitrogen and oxygen atoms in total. The predicted octanol–water partition coefficient (Wildman–Crippen LogP) is 6.42. The van der Waals surface area contributed by atoms with Crippen LogP contribution in [0.3, 0.4) is 0 Å². The van der Waals surface area contributed by atoms with E-state index in [9.17, 15) is 0 Å². The second-order valence-electron chi connectivity index (χ2n) is 5.09. The van der Waals surface area contributed by atoms with Crippen molar-refractivity contribution < 1.29 is 4.74 Å². The number of benzene rings is 1. The molecule has 2 heterocycles. The van der Waals surface area contributed by atoms with E-state index in [4.69, 9.17) is 4.74 Å².